The molecular weight excluding hydrogens is 410 g/mol. The molecule has 3 aromatic rings. The molecule has 0 aliphatic carbocycles. The molecule has 0 radical (unpaired) electrons. The van der Waals surface area contributed by atoms with Gasteiger partial charge in [-0.15, -0.1) is 0 Å². The Bertz CT molecular complexity index is 1220. The van der Waals surface area contributed by atoms with Crippen LogP contribution in [-0.4, -0.2) is 36.7 Å². The second kappa shape index (κ2) is 8.40. The Balaban J connectivity index is 1.43. The maximum atomic E-state index is 13.2. The van der Waals surface area contributed by atoms with E-state index in [0.717, 1.165) is 27.6 Å². The Morgan fingerprint density at radius 3 is 2.35 bits per heavy atom. The topological polar surface area (TPSA) is 79.4 Å². The van der Waals surface area contributed by atoms with Crippen LogP contribution in [0.1, 0.15) is 29.5 Å². The van der Waals surface area contributed by atoms with Crippen molar-refractivity contribution in [3.63, 3.8) is 0 Å². The smallest absolute Gasteiger partial charge is 0.243 e. The third kappa shape index (κ3) is 4.34. The van der Waals surface area contributed by atoms with E-state index in [1.807, 2.05) is 63.2 Å². The zero-order chi connectivity index (χ0) is 22.2. The number of fused-ring (bicyclic) bond motifs is 1. The molecule has 1 amide bonds. The molecule has 0 saturated carbocycles. The van der Waals surface area contributed by atoms with Crippen LogP contribution in [-0.2, 0) is 14.8 Å². The van der Waals surface area contributed by atoms with Crippen LogP contribution in [0.15, 0.2) is 53.6 Å². The first-order valence-electron chi connectivity index (χ1n) is 10.5. The van der Waals surface area contributed by atoms with Gasteiger partial charge in [-0.1, -0.05) is 35.9 Å². The second-order valence-electron chi connectivity index (χ2n) is 8.31. The number of hydrogen-bond acceptors (Lipinski definition) is 4. The van der Waals surface area contributed by atoms with Crippen molar-refractivity contribution < 1.29 is 13.2 Å². The summed E-state index contributed by atoms with van der Waals surface area (Å²) >= 11 is 0. The summed E-state index contributed by atoms with van der Waals surface area (Å²) < 4.78 is 28.0. The maximum absolute atomic E-state index is 13.2. The number of amides is 1. The molecular formula is C24H27N3O3S. The second-order valence-corrected chi connectivity index (χ2v) is 10.2. The van der Waals surface area contributed by atoms with Crippen LogP contribution in [0.3, 0.4) is 0 Å². The van der Waals surface area contributed by atoms with Gasteiger partial charge < -0.3 is 5.32 Å². The molecule has 0 unspecified atom stereocenters. The van der Waals surface area contributed by atoms with Gasteiger partial charge >= 0.3 is 0 Å². The molecule has 1 aromatic heterocycles. The van der Waals surface area contributed by atoms with Crippen LogP contribution < -0.4 is 5.32 Å². The number of carbonyl (C=O) groups is 1. The molecule has 1 fully saturated rings. The lowest BCUT2D eigenvalue weighted by atomic mass is 9.97. The highest BCUT2D eigenvalue weighted by molar-refractivity contribution is 7.89. The van der Waals surface area contributed by atoms with Gasteiger partial charge in [0.15, 0.2) is 0 Å². The highest BCUT2D eigenvalue weighted by atomic mass is 32.2. The van der Waals surface area contributed by atoms with Crippen LogP contribution >= 0.6 is 0 Å². The number of piperidine rings is 1. The standard InChI is InChI=1S/C24H27N3O3S/c1-16-12-17(2)23(18(3)13-16)31(29,30)27-10-8-19(9-11-27)24(28)26-21-14-20-6-4-5-7-22(20)25-15-21/h4-7,12-15,19H,8-11H2,1-3H3,(H,26,28). The molecule has 1 N–H and O–H groups in total. The van der Waals surface area contributed by atoms with Crippen LogP contribution in [0.2, 0.25) is 0 Å². The van der Waals surface area contributed by atoms with Crippen molar-refractivity contribution in [3.05, 3.63) is 65.4 Å². The minimum absolute atomic E-state index is 0.0863. The van der Waals surface area contributed by atoms with E-state index < -0.39 is 10.0 Å². The van der Waals surface area contributed by atoms with Gasteiger partial charge in [0.1, 0.15) is 0 Å². The minimum Gasteiger partial charge on any atom is -0.324 e. The van der Waals surface area contributed by atoms with E-state index >= 15 is 0 Å². The number of anilines is 1. The number of benzene rings is 2. The van der Waals surface area contributed by atoms with E-state index in [1.165, 1.54) is 4.31 Å². The molecule has 6 nitrogen and oxygen atoms in total. The molecule has 1 aliphatic rings. The summed E-state index contributed by atoms with van der Waals surface area (Å²) in [5, 5.41) is 3.91. The first-order valence-corrected chi connectivity index (χ1v) is 11.9. The SMILES string of the molecule is Cc1cc(C)c(S(=O)(=O)N2CCC(C(=O)Nc3cnc4ccccc4c3)CC2)c(C)c1. The average molecular weight is 438 g/mol. The molecule has 162 valence electrons. The molecule has 0 bridgehead atoms. The zero-order valence-corrected chi connectivity index (χ0v) is 18.9. The molecule has 2 heterocycles. The van der Waals surface area contributed by atoms with E-state index in [0.29, 0.717) is 36.5 Å². The lowest BCUT2D eigenvalue weighted by Crippen LogP contribution is -2.41. The van der Waals surface area contributed by atoms with E-state index in [-0.39, 0.29) is 11.8 Å². The van der Waals surface area contributed by atoms with Gasteiger partial charge in [0.2, 0.25) is 15.9 Å². The van der Waals surface area contributed by atoms with Gasteiger partial charge in [-0.25, -0.2) is 8.42 Å². The number of rotatable bonds is 4. The number of aromatic nitrogens is 1. The van der Waals surface area contributed by atoms with Gasteiger partial charge in [-0.2, -0.15) is 4.31 Å². The van der Waals surface area contributed by atoms with Crippen molar-refractivity contribution in [1.82, 2.24) is 9.29 Å². The fraction of sp³-hybridized carbons (Fsp3) is 0.333. The summed E-state index contributed by atoms with van der Waals surface area (Å²) in [6.07, 6.45) is 2.65. The summed E-state index contributed by atoms with van der Waals surface area (Å²) in [4.78, 5) is 17.5. The van der Waals surface area contributed by atoms with Gasteiger partial charge in [0.05, 0.1) is 22.3 Å². The summed E-state index contributed by atoms with van der Waals surface area (Å²) in [6, 6.07) is 13.4. The van der Waals surface area contributed by atoms with E-state index in [9.17, 15) is 13.2 Å². The van der Waals surface area contributed by atoms with Gasteiger partial charge in [0, 0.05) is 24.4 Å². The van der Waals surface area contributed by atoms with E-state index in [1.54, 1.807) is 6.20 Å². The Labute approximate surface area is 183 Å². The van der Waals surface area contributed by atoms with Crippen LogP contribution in [0.5, 0.6) is 0 Å². The summed E-state index contributed by atoms with van der Waals surface area (Å²) in [7, 11) is -3.58. The number of para-hydroxylation sites is 1. The van der Waals surface area contributed by atoms with E-state index in [2.05, 4.69) is 10.3 Å². The molecule has 0 spiro atoms. The normalized spacial score (nSPS) is 15.8. The molecule has 7 heteroatoms. The number of hydrogen-bond donors (Lipinski definition) is 1. The average Bonchev–Trinajstić information content (AvgIpc) is 2.73. The number of aryl methyl sites for hydroxylation is 3. The Hall–Kier alpha value is -2.77. The molecule has 2 aromatic carbocycles. The molecule has 4 rings (SSSR count). The number of nitrogens with zero attached hydrogens (tertiary/aromatic N) is 2. The Kier molecular flexibility index (Phi) is 5.81. The summed E-state index contributed by atoms with van der Waals surface area (Å²) in [5.41, 5.74) is 4.11. The first kappa shape index (κ1) is 21.5. The molecule has 0 atom stereocenters. The van der Waals surface area contributed by atoms with E-state index in [4.69, 9.17) is 0 Å². The number of nitrogens with one attached hydrogen (secondary N) is 1. The van der Waals surface area contributed by atoms with Crippen LogP contribution in [0, 0.1) is 26.7 Å². The quantitative estimate of drug-likeness (QED) is 0.663. The lowest BCUT2D eigenvalue weighted by molar-refractivity contribution is -0.120. The van der Waals surface area contributed by atoms with Crippen molar-refractivity contribution in [2.45, 2.75) is 38.5 Å². The first-order chi connectivity index (χ1) is 14.8. The fourth-order valence-corrected chi connectivity index (χ4v) is 6.33. The molecule has 31 heavy (non-hydrogen) atoms. The number of carbonyl (C=O) groups excluding carboxylic acids is 1. The third-order valence-electron chi connectivity index (χ3n) is 5.89. The third-order valence-corrected chi connectivity index (χ3v) is 8.09. The Morgan fingerprint density at radius 2 is 1.68 bits per heavy atom. The number of pyridine rings is 1. The highest BCUT2D eigenvalue weighted by Gasteiger charge is 2.33. The van der Waals surface area contributed by atoms with Crippen molar-refractivity contribution in [2.24, 2.45) is 5.92 Å². The van der Waals surface area contributed by atoms with Crippen molar-refractivity contribution in [1.29, 1.82) is 0 Å². The summed E-state index contributed by atoms with van der Waals surface area (Å²) in [6.45, 7) is 6.31. The molecule has 1 aliphatic heterocycles. The van der Waals surface area contributed by atoms with Crippen LogP contribution in [0.4, 0.5) is 5.69 Å². The highest BCUT2D eigenvalue weighted by Crippen LogP contribution is 2.29. The predicted molar refractivity (Wildman–Crippen MR) is 123 cm³/mol. The Morgan fingerprint density at radius 1 is 1.03 bits per heavy atom. The van der Waals surface area contributed by atoms with Crippen molar-refractivity contribution >= 4 is 32.5 Å². The number of sulfonamides is 1. The summed E-state index contributed by atoms with van der Waals surface area (Å²) in [5.74, 6) is -0.310. The lowest BCUT2D eigenvalue weighted by Gasteiger charge is -2.31. The monoisotopic (exact) mass is 437 g/mol. The van der Waals surface area contributed by atoms with Gasteiger partial charge in [-0.3, -0.25) is 9.78 Å². The minimum atomic E-state index is -3.58. The van der Waals surface area contributed by atoms with Crippen molar-refractivity contribution in [3.8, 4) is 0 Å². The largest absolute Gasteiger partial charge is 0.324 e. The fourth-order valence-electron chi connectivity index (χ4n) is 4.44. The van der Waals surface area contributed by atoms with Gasteiger partial charge in [0.25, 0.3) is 0 Å². The zero-order valence-electron chi connectivity index (χ0n) is 18.1. The van der Waals surface area contributed by atoms with Crippen LogP contribution in [0.25, 0.3) is 10.9 Å². The van der Waals surface area contributed by atoms with Gasteiger partial charge in [-0.05, 0) is 56.9 Å². The predicted octanol–water partition coefficient (Wildman–Crippen LogP) is 4.20. The maximum Gasteiger partial charge on any atom is 0.243 e. The molecule has 1 saturated heterocycles. The van der Waals surface area contributed by atoms with Crippen molar-refractivity contribution in [2.75, 3.05) is 18.4 Å².